The van der Waals surface area contributed by atoms with Crippen LogP contribution in [0, 0.1) is 0 Å². The number of nitrogens with two attached hydrogens (primary N) is 1. The SMILES string of the molecule is NC(Cc1nncn1C1CC1)c1ccccc1. The van der Waals surface area contributed by atoms with E-state index in [1.165, 1.54) is 12.8 Å². The Labute approximate surface area is 100 Å². The molecule has 1 fully saturated rings. The largest absolute Gasteiger partial charge is 0.324 e. The van der Waals surface area contributed by atoms with Gasteiger partial charge < -0.3 is 10.3 Å². The first-order valence-electron chi connectivity index (χ1n) is 6.03. The Balaban J connectivity index is 1.76. The number of benzene rings is 1. The molecule has 0 bridgehead atoms. The van der Waals surface area contributed by atoms with Gasteiger partial charge in [0.1, 0.15) is 12.2 Å². The Morgan fingerprint density at radius 3 is 2.76 bits per heavy atom. The molecule has 88 valence electrons. The first-order chi connectivity index (χ1) is 8.34. The van der Waals surface area contributed by atoms with Gasteiger partial charge in [0.25, 0.3) is 0 Å². The molecule has 1 aliphatic rings. The van der Waals surface area contributed by atoms with Crippen molar-refractivity contribution >= 4 is 0 Å². The first kappa shape index (κ1) is 10.5. The molecule has 2 N–H and O–H groups in total. The molecule has 1 heterocycles. The Bertz CT molecular complexity index is 487. The van der Waals surface area contributed by atoms with Crippen molar-refractivity contribution in [3.63, 3.8) is 0 Å². The molecule has 1 aromatic heterocycles. The molecular weight excluding hydrogens is 212 g/mol. The molecule has 0 saturated heterocycles. The van der Waals surface area contributed by atoms with Gasteiger partial charge in [-0.1, -0.05) is 30.3 Å². The average Bonchev–Trinajstić information content (AvgIpc) is 3.11. The molecule has 0 spiro atoms. The van der Waals surface area contributed by atoms with Crippen LogP contribution in [0.2, 0.25) is 0 Å². The summed E-state index contributed by atoms with van der Waals surface area (Å²) in [4.78, 5) is 0. The van der Waals surface area contributed by atoms with Crippen molar-refractivity contribution in [3.8, 4) is 0 Å². The Kier molecular flexibility index (Phi) is 2.65. The average molecular weight is 228 g/mol. The summed E-state index contributed by atoms with van der Waals surface area (Å²) in [7, 11) is 0. The van der Waals surface area contributed by atoms with Crippen molar-refractivity contribution in [2.45, 2.75) is 31.3 Å². The molecule has 4 heteroatoms. The second-order valence-corrected chi connectivity index (χ2v) is 4.61. The van der Waals surface area contributed by atoms with Crippen molar-refractivity contribution in [1.29, 1.82) is 0 Å². The monoisotopic (exact) mass is 228 g/mol. The minimum Gasteiger partial charge on any atom is -0.324 e. The Hall–Kier alpha value is -1.68. The summed E-state index contributed by atoms with van der Waals surface area (Å²) < 4.78 is 2.17. The molecule has 3 rings (SSSR count). The lowest BCUT2D eigenvalue weighted by Crippen LogP contribution is -2.16. The molecule has 1 saturated carbocycles. The van der Waals surface area contributed by atoms with Gasteiger partial charge in [-0.15, -0.1) is 10.2 Å². The minimum atomic E-state index is -0.00194. The van der Waals surface area contributed by atoms with Crippen LogP contribution in [-0.4, -0.2) is 14.8 Å². The summed E-state index contributed by atoms with van der Waals surface area (Å²) >= 11 is 0. The van der Waals surface area contributed by atoms with E-state index >= 15 is 0 Å². The van der Waals surface area contributed by atoms with Crippen LogP contribution in [0.5, 0.6) is 0 Å². The lowest BCUT2D eigenvalue weighted by atomic mass is 10.0. The lowest BCUT2D eigenvalue weighted by molar-refractivity contribution is 0.619. The third-order valence-electron chi connectivity index (χ3n) is 3.22. The van der Waals surface area contributed by atoms with Gasteiger partial charge in [0, 0.05) is 18.5 Å². The van der Waals surface area contributed by atoms with Gasteiger partial charge in [0.05, 0.1) is 0 Å². The summed E-state index contributed by atoms with van der Waals surface area (Å²) in [6, 6.07) is 10.8. The summed E-state index contributed by atoms with van der Waals surface area (Å²) in [5, 5.41) is 8.16. The predicted molar refractivity (Wildman–Crippen MR) is 65.4 cm³/mol. The second-order valence-electron chi connectivity index (χ2n) is 4.61. The van der Waals surface area contributed by atoms with E-state index in [-0.39, 0.29) is 6.04 Å². The fourth-order valence-electron chi connectivity index (χ4n) is 2.09. The van der Waals surface area contributed by atoms with Crippen LogP contribution in [0.25, 0.3) is 0 Å². The van der Waals surface area contributed by atoms with E-state index < -0.39 is 0 Å². The lowest BCUT2D eigenvalue weighted by Gasteiger charge is -2.12. The van der Waals surface area contributed by atoms with Crippen molar-refractivity contribution in [3.05, 3.63) is 48.0 Å². The molecule has 1 aromatic carbocycles. The molecular formula is C13H16N4. The standard InChI is InChI=1S/C13H16N4/c14-12(10-4-2-1-3-5-10)8-13-16-15-9-17(13)11-6-7-11/h1-5,9,11-12H,6-8,14H2. The van der Waals surface area contributed by atoms with Crippen LogP contribution in [0.1, 0.15) is 36.3 Å². The van der Waals surface area contributed by atoms with Gasteiger partial charge in [-0.3, -0.25) is 0 Å². The molecule has 1 unspecified atom stereocenters. The molecule has 0 aliphatic heterocycles. The van der Waals surface area contributed by atoms with Gasteiger partial charge in [-0.2, -0.15) is 0 Å². The van der Waals surface area contributed by atoms with Gasteiger partial charge in [0.2, 0.25) is 0 Å². The van der Waals surface area contributed by atoms with E-state index in [0.717, 1.165) is 17.8 Å². The van der Waals surface area contributed by atoms with Crippen molar-refractivity contribution in [2.24, 2.45) is 5.73 Å². The maximum Gasteiger partial charge on any atom is 0.134 e. The summed E-state index contributed by atoms with van der Waals surface area (Å²) in [5.41, 5.74) is 7.35. The summed E-state index contributed by atoms with van der Waals surface area (Å²) in [6.07, 6.45) is 5.06. The van der Waals surface area contributed by atoms with Gasteiger partial charge in [0.15, 0.2) is 0 Å². The second kappa shape index (κ2) is 4.30. The first-order valence-corrected chi connectivity index (χ1v) is 6.03. The highest BCUT2D eigenvalue weighted by Crippen LogP contribution is 2.35. The van der Waals surface area contributed by atoms with Crippen LogP contribution < -0.4 is 5.73 Å². The number of nitrogens with zero attached hydrogens (tertiary/aromatic N) is 3. The van der Waals surface area contributed by atoms with Gasteiger partial charge in [-0.05, 0) is 18.4 Å². The van der Waals surface area contributed by atoms with Gasteiger partial charge >= 0.3 is 0 Å². The zero-order chi connectivity index (χ0) is 11.7. The Morgan fingerprint density at radius 2 is 2.06 bits per heavy atom. The third kappa shape index (κ3) is 2.22. The fraction of sp³-hybridized carbons (Fsp3) is 0.385. The van der Waals surface area contributed by atoms with Gasteiger partial charge in [-0.25, -0.2) is 0 Å². The van der Waals surface area contributed by atoms with E-state index in [9.17, 15) is 0 Å². The molecule has 17 heavy (non-hydrogen) atoms. The van der Waals surface area contributed by atoms with E-state index in [1.54, 1.807) is 0 Å². The number of hydrogen-bond acceptors (Lipinski definition) is 3. The van der Waals surface area contributed by atoms with E-state index in [2.05, 4.69) is 26.9 Å². The molecule has 1 atom stereocenters. The molecule has 4 nitrogen and oxygen atoms in total. The summed E-state index contributed by atoms with van der Waals surface area (Å²) in [6.45, 7) is 0. The number of hydrogen-bond donors (Lipinski definition) is 1. The molecule has 0 amide bonds. The van der Waals surface area contributed by atoms with E-state index in [4.69, 9.17) is 5.73 Å². The zero-order valence-corrected chi connectivity index (χ0v) is 9.66. The smallest absolute Gasteiger partial charge is 0.134 e. The van der Waals surface area contributed by atoms with Crippen LogP contribution in [0.4, 0.5) is 0 Å². The van der Waals surface area contributed by atoms with Crippen LogP contribution in [0.15, 0.2) is 36.7 Å². The van der Waals surface area contributed by atoms with Crippen LogP contribution in [0.3, 0.4) is 0 Å². The third-order valence-corrected chi connectivity index (χ3v) is 3.22. The molecule has 0 radical (unpaired) electrons. The highest BCUT2D eigenvalue weighted by molar-refractivity contribution is 5.19. The normalized spacial score (nSPS) is 17.0. The van der Waals surface area contributed by atoms with Crippen molar-refractivity contribution < 1.29 is 0 Å². The van der Waals surface area contributed by atoms with Crippen LogP contribution in [-0.2, 0) is 6.42 Å². The van der Waals surface area contributed by atoms with Crippen molar-refractivity contribution in [2.75, 3.05) is 0 Å². The maximum absolute atomic E-state index is 6.19. The topological polar surface area (TPSA) is 56.7 Å². The fourth-order valence-corrected chi connectivity index (χ4v) is 2.09. The number of aromatic nitrogens is 3. The zero-order valence-electron chi connectivity index (χ0n) is 9.66. The Morgan fingerprint density at radius 1 is 1.29 bits per heavy atom. The molecule has 1 aliphatic carbocycles. The molecule has 2 aromatic rings. The number of rotatable bonds is 4. The van der Waals surface area contributed by atoms with E-state index in [1.807, 2.05) is 24.5 Å². The van der Waals surface area contributed by atoms with Crippen molar-refractivity contribution in [1.82, 2.24) is 14.8 Å². The highest BCUT2D eigenvalue weighted by Gasteiger charge is 2.26. The maximum atomic E-state index is 6.19. The highest BCUT2D eigenvalue weighted by atomic mass is 15.3. The van der Waals surface area contributed by atoms with E-state index in [0.29, 0.717) is 6.04 Å². The summed E-state index contributed by atoms with van der Waals surface area (Å²) in [5.74, 6) is 1.00. The predicted octanol–water partition coefficient (Wildman–Crippen LogP) is 1.86. The minimum absolute atomic E-state index is 0.00194. The quantitative estimate of drug-likeness (QED) is 0.869. The van der Waals surface area contributed by atoms with Crippen LogP contribution >= 0.6 is 0 Å².